The molecule has 126 valence electrons. The third-order valence-electron chi connectivity index (χ3n) is 4.17. The van der Waals surface area contributed by atoms with Crippen molar-refractivity contribution in [2.24, 2.45) is 0 Å². The lowest BCUT2D eigenvalue weighted by molar-refractivity contribution is -0.116. The van der Waals surface area contributed by atoms with Gasteiger partial charge in [0.15, 0.2) is 11.5 Å². The normalized spacial score (nSPS) is 16.1. The van der Waals surface area contributed by atoms with Crippen LogP contribution in [0.25, 0.3) is 0 Å². The number of carbonyl (C=O) groups is 1. The zero-order chi connectivity index (χ0) is 17.1. The minimum atomic E-state index is -0.0473. The molecule has 0 unspecified atom stereocenters. The van der Waals surface area contributed by atoms with Crippen molar-refractivity contribution in [3.8, 4) is 17.2 Å². The largest absolute Gasteiger partial charge is 0.494 e. The number of benzene rings is 2. The van der Waals surface area contributed by atoms with Gasteiger partial charge in [0.25, 0.3) is 0 Å². The first-order chi connectivity index (χ1) is 11.7. The first-order valence-corrected chi connectivity index (χ1v) is 7.94. The lowest BCUT2D eigenvalue weighted by Gasteiger charge is -2.27. The van der Waals surface area contributed by atoms with Gasteiger partial charge in [-0.2, -0.15) is 0 Å². The first-order valence-electron chi connectivity index (χ1n) is 7.94. The molecular formula is C19H21NO4. The van der Waals surface area contributed by atoms with Crippen molar-refractivity contribution in [3.05, 3.63) is 47.5 Å². The van der Waals surface area contributed by atoms with Crippen molar-refractivity contribution in [3.63, 3.8) is 0 Å². The van der Waals surface area contributed by atoms with Crippen LogP contribution in [0.1, 0.15) is 30.4 Å². The smallest absolute Gasteiger partial charge is 0.225 e. The molecule has 0 fully saturated rings. The van der Waals surface area contributed by atoms with Crippen LogP contribution in [-0.2, 0) is 4.79 Å². The quantitative estimate of drug-likeness (QED) is 0.912. The van der Waals surface area contributed by atoms with Crippen LogP contribution >= 0.6 is 0 Å². The molecule has 3 rings (SSSR count). The molecule has 0 saturated heterocycles. The Kier molecular flexibility index (Phi) is 4.60. The van der Waals surface area contributed by atoms with Gasteiger partial charge in [-0.3, -0.25) is 4.79 Å². The van der Waals surface area contributed by atoms with Crippen molar-refractivity contribution in [2.75, 3.05) is 26.1 Å². The maximum absolute atomic E-state index is 12.2. The minimum Gasteiger partial charge on any atom is -0.494 e. The zero-order valence-electron chi connectivity index (χ0n) is 14.1. The van der Waals surface area contributed by atoms with E-state index in [-0.39, 0.29) is 11.8 Å². The van der Waals surface area contributed by atoms with Gasteiger partial charge in [0.05, 0.1) is 20.8 Å². The van der Waals surface area contributed by atoms with Crippen molar-refractivity contribution >= 4 is 11.6 Å². The molecule has 0 spiro atoms. The molecule has 24 heavy (non-hydrogen) atoms. The average molecular weight is 327 g/mol. The fourth-order valence-electron chi connectivity index (χ4n) is 3.07. The Bertz CT molecular complexity index is 757. The summed E-state index contributed by atoms with van der Waals surface area (Å²) in [7, 11) is 3.19. The standard InChI is InChI=1S/C19H21NO4/c1-4-24-13-7-5-6-12(8-13)14-10-19(21)20-16-11-18(23-3)17(22-2)9-15(14)16/h5-9,11,14H,4,10H2,1-3H3,(H,20,21)/t14-/m0/s1. The number of rotatable bonds is 5. The predicted octanol–water partition coefficient (Wildman–Crippen LogP) is 3.58. The molecule has 1 aliphatic heterocycles. The van der Waals surface area contributed by atoms with Gasteiger partial charge in [0, 0.05) is 24.1 Å². The van der Waals surface area contributed by atoms with E-state index in [1.54, 1.807) is 14.2 Å². The predicted molar refractivity (Wildman–Crippen MR) is 92.2 cm³/mol. The van der Waals surface area contributed by atoms with Gasteiger partial charge < -0.3 is 19.5 Å². The van der Waals surface area contributed by atoms with E-state index in [1.807, 2.05) is 43.3 Å². The lowest BCUT2D eigenvalue weighted by atomic mass is 9.84. The number of anilines is 1. The number of hydrogen-bond donors (Lipinski definition) is 1. The molecular weight excluding hydrogens is 306 g/mol. The SMILES string of the molecule is CCOc1cccc([C@@H]2CC(=O)Nc3cc(OC)c(OC)cc32)c1. The molecule has 0 bridgehead atoms. The maximum Gasteiger partial charge on any atom is 0.225 e. The summed E-state index contributed by atoms with van der Waals surface area (Å²) in [5.74, 6) is 2.00. The van der Waals surface area contributed by atoms with E-state index in [2.05, 4.69) is 5.32 Å². The zero-order valence-corrected chi connectivity index (χ0v) is 14.1. The number of nitrogens with one attached hydrogen (secondary N) is 1. The number of amides is 1. The molecule has 2 aromatic carbocycles. The number of ether oxygens (including phenoxy) is 3. The monoisotopic (exact) mass is 327 g/mol. The molecule has 0 aliphatic carbocycles. The van der Waals surface area contributed by atoms with Crippen LogP contribution in [0.5, 0.6) is 17.2 Å². The van der Waals surface area contributed by atoms with Crippen LogP contribution in [0.15, 0.2) is 36.4 Å². The van der Waals surface area contributed by atoms with E-state index < -0.39 is 0 Å². The van der Waals surface area contributed by atoms with E-state index in [4.69, 9.17) is 14.2 Å². The summed E-state index contributed by atoms with van der Waals surface area (Å²) >= 11 is 0. The van der Waals surface area contributed by atoms with Crippen LogP contribution in [0.4, 0.5) is 5.69 Å². The van der Waals surface area contributed by atoms with Crippen molar-refractivity contribution in [1.82, 2.24) is 0 Å². The molecule has 1 heterocycles. The van der Waals surface area contributed by atoms with Gasteiger partial charge in [-0.25, -0.2) is 0 Å². The van der Waals surface area contributed by atoms with Gasteiger partial charge in [-0.15, -0.1) is 0 Å². The summed E-state index contributed by atoms with van der Waals surface area (Å²) in [6.07, 6.45) is 0.387. The van der Waals surface area contributed by atoms with Crippen LogP contribution in [-0.4, -0.2) is 26.7 Å². The van der Waals surface area contributed by atoms with Gasteiger partial charge in [0.1, 0.15) is 5.75 Å². The third-order valence-corrected chi connectivity index (χ3v) is 4.17. The Hall–Kier alpha value is -2.69. The summed E-state index contributed by atoms with van der Waals surface area (Å²) in [6.45, 7) is 2.56. The summed E-state index contributed by atoms with van der Waals surface area (Å²) in [5, 5.41) is 2.92. The van der Waals surface area contributed by atoms with Crippen molar-refractivity contribution in [2.45, 2.75) is 19.3 Å². The Morgan fingerprint density at radius 2 is 1.88 bits per heavy atom. The van der Waals surface area contributed by atoms with Gasteiger partial charge in [-0.1, -0.05) is 12.1 Å². The molecule has 5 nitrogen and oxygen atoms in total. The second-order valence-electron chi connectivity index (χ2n) is 5.60. The molecule has 0 radical (unpaired) electrons. The third kappa shape index (κ3) is 3.02. The summed E-state index contributed by atoms with van der Waals surface area (Å²) in [4.78, 5) is 12.2. The second-order valence-corrected chi connectivity index (χ2v) is 5.60. The van der Waals surface area contributed by atoms with Crippen LogP contribution in [0.3, 0.4) is 0 Å². The molecule has 0 saturated carbocycles. The summed E-state index contributed by atoms with van der Waals surface area (Å²) in [6, 6.07) is 11.6. The van der Waals surface area contributed by atoms with Gasteiger partial charge >= 0.3 is 0 Å². The Morgan fingerprint density at radius 1 is 1.12 bits per heavy atom. The summed E-state index contributed by atoms with van der Waals surface area (Å²) in [5.41, 5.74) is 2.82. The Balaban J connectivity index is 2.08. The number of fused-ring (bicyclic) bond motifs is 1. The highest BCUT2D eigenvalue weighted by molar-refractivity contribution is 5.96. The summed E-state index contributed by atoms with van der Waals surface area (Å²) < 4.78 is 16.3. The van der Waals surface area contributed by atoms with E-state index >= 15 is 0 Å². The highest BCUT2D eigenvalue weighted by Gasteiger charge is 2.28. The van der Waals surface area contributed by atoms with Gasteiger partial charge in [-0.05, 0) is 36.2 Å². The maximum atomic E-state index is 12.2. The molecule has 2 aromatic rings. The van der Waals surface area contributed by atoms with E-state index in [9.17, 15) is 4.79 Å². The first kappa shape index (κ1) is 16.2. The molecule has 1 aliphatic rings. The molecule has 1 N–H and O–H groups in total. The fraction of sp³-hybridized carbons (Fsp3) is 0.316. The van der Waals surface area contributed by atoms with Crippen molar-refractivity contribution < 1.29 is 19.0 Å². The fourth-order valence-corrected chi connectivity index (χ4v) is 3.07. The molecule has 1 atom stereocenters. The number of hydrogen-bond acceptors (Lipinski definition) is 4. The molecule has 0 aromatic heterocycles. The number of methoxy groups -OCH3 is 2. The number of carbonyl (C=O) groups excluding carboxylic acids is 1. The van der Waals surface area contributed by atoms with Crippen LogP contribution < -0.4 is 19.5 Å². The van der Waals surface area contributed by atoms with E-state index in [0.29, 0.717) is 24.5 Å². The Morgan fingerprint density at radius 3 is 2.58 bits per heavy atom. The molecule has 1 amide bonds. The van der Waals surface area contributed by atoms with Gasteiger partial charge in [0.2, 0.25) is 5.91 Å². The Labute approximate surface area is 141 Å². The average Bonchev–Trinajstić information content (AvgIpc) is 2.60. The van der Waals surface area contributed by atoms with Crippen molar-refractivity contribution in [1.29, 1.82) is 0 Å². The second kappa shape index (κ2) is 6.83. The van der Waals surface area contributed by atoms with E-state index in [1.165, 1.54) is 0 Å². The molecule has 5 heteroatoms. The van der Waals surface area contributed by atoms with Crippen LogP contribution in [0.2, 0.25) is 0 Å². The topological polar surface area (TPSA) is 56.8 Å². The van der Waals surface area contributed by atoms with E-state index in [0.717, 1.165) is 22.6 Å². The highest BCUT2D eigenvalue weighted by atomic mass is 16.5. The lowest BCUT2D eigenvalue weighted by Crippen LogP contribution is -2.23. The highest BCUT2D eigenvalue weighted by Crippen LogP contribution is 2.43. The minimum absolute atomic E-state index is 0.0125. The van der Waals surface area contributed by atoms with Crippen LogP contribution in [0, 0.1) is 0 Å².